The number of rotatable bonds is 5. The Morgan fingerprint density at radius 3 is 2.56 bits per heavy atom. The maximum Gasteiger partial charge on any atom is 0.289 e. The lowest BCUT2D eigenvalue weighted by Crippen LogP contribution is -2.17. The molecule has 0 atom stereocenters. The third-order valence-corrected chi connectivity index (χ3v) is 4.26. The van der Waals surface area contributed by atoms with E-state index in [-0.39, 0.29) is 11.4 Å². The fraction of sp³-hybridized carbons (Fsp3) is 0. The normalized spacial score (nSPS) is 10.9. The highest BCUT2D eigenvalue weighted by molar-refractivity contribution is 6.42. The Morgan fingerprint density at radius 2 is 1.89 bits per heavy atom. The van der Waals surface area contributed by atoms with Gasteiger partial charge in [-0.25, -0.2) is 5.43 Å². The van der Waals surface area contributed by atoms with E-state index in [4.69, 9.17) is 23.2 Å². The molecule has 27 heavy (non-hydrogen) atoms. The summed E-state index contributed by atoms with van der Waals surface area (Å²) in [7, 11) is 0. The highest BCUT2D eigenvalue weighted by atomic mass is 35.5. The lowest BCUT2D eigenvalue weighted by Gasteiger charge is -1.99. The van der Waals surface area contributed by atoms with Crippen LogP contribution in [0.15, 0.2) is 53.6 Å². The molecule has 1 amide bonds. The van der Waals surface area contributed by atoms with E-state index in [1.165, 1.54) is 30.5 Å². The number of hydrogen-bond acceptors (Lipinski definition) is 5. The van der Waals surface area contributed by atoms with E-state index in [0.717, 1.165) is 0 Å². The van der Waals surface area contributed by atoms with Gasteiger partial charge in [0.05, 0.1) is 26.9 Å². The maximum absolute atomic E-state index is 12.1. The molecular weight excluding hydrogens is 393 g/mol. The summed E-state index contributed by atoms with van der Waals surface area (Å²) in [6.45, 7) is 0. The van der Waals surface area contributed by atoms with Gasteiger partial charge >= 0.3 is 0 Å². The highest BCUT2D eigenvalue weighted by Crippen LogP contribution is 2.27. The van der Waals surface area contributed by atoms with Crippen molar-refractivity contribution in [3.05, 3.63) is 79.9 Å². The van der Waals surface area contributed by atoms with Gasteiger partial charge in [-0.1, -0.05) is 29.3 Å². The largest absolute Gasteiger partial charge is 0.289 e. The van der Waals surface area contributed by atoms with Crippen LogP contribution >= 0.6 is 23.2 Å². The smallest absolute Gasteiger partial charge is 0.272 e. The fourth-order valence-electron chi connectivity index (χ4n) is 2.15. The van der Waals surface area contributed by atoms with Gasteiger partial charge in [0.2, 0.25) is 0 Å². The van der Waals surface area contributed by atoms with Gasteiger partial charge in [0.25, 0.3) is 11.6 Å². The van der Waals surface area contributed by atoms with Gasteiger partial charge in [-0.05, 0) is 35.9 Å². The Labute approximate surface area is 163 Å². The van der Waals surface area contributed by atoms with Crippen LogP contribution in [0.5, 0.6) is 0 Å². The van der Waals surface area contributed by atoms with Crippen LogP contribution in [0.3, 0.4) is 0 Å². The van der Waals surface area contributed by atoms with Gasteiger partial charge in [0, 0.05) is 17.7 Å². The van der Waals surface area contributed by atoms with Crippen molar-refractivity contribution in [1.82, 2.24) is 15.6 Å². The fourth-order valence-corrected chi connectivity index (χ4v) is 2.45. The Hall–Kier alpha value is -3.23. The second-order valence-corrected chi connectivity index (χ2v) is 6.16. The van der Waals surface area contributed by atoms with Crippen molar-refractivity contribution >= 4 is 41.0 Å². The molecule has 3 aromatic rings. The van der Waals surface area contributed by atoms with Crippen LogP contribution in [0.2, 0.25) is 10.0 Å². The van der Waals surface area contributed by atoms with Crippen molar-refractivity contribution in [3.63, 3.8) is 0 Å². The molecule has 8 nitrogen and oxygen atoms in total. The van der Waals surface area contributed by atoms with Gasteiger partial charge < -0.3 is 0 Å². The van der Waals surface area contributed by atoms with E-state index >= 15 is 0 Å². The minimum Gasteiger partial charge on any atom is -0.272 e. The number of amides is 1. The summed E-state index contributed by atoms with van der Waals surface area (Å²) in [5, 5.41) is 21.9. The number of aromatic nitrogens is 2. The molecule has 0 bridgehead atoms. The van der Waals surface area contributed by atoms with E-state index in [1.54, 1.807) is 24.3 Å². The summed E-state index contributed by atoms with van der Waals surface area (Å²) in [5.74, 6) is -0.494. The van der Waals surface area contributed by atoms with Crippen LogP contribution in [0.1, 0.15) is 16.1 Å². The van der Waals surface area contributed by atoms with Crippen molar-refractivity contribution in [3.8, 4) is 11.3 Å². The lowest BCUT2D eigenvalue weighted by molar-refractivity contribution is -0.384. The van der Waals surface area contributed by atoms with E-state index in [9.17, 15) is 14.9 Å². The summed E-state index contributed by atoms with van der Waals surface area (Å²) in [6.07, 6.45) is 1.37. The number of aromatic amines is 1. The first-order chi connectivity index (χ1) is 12.9. The molecule has 0 aliphatic rings. The molecule has 1 aromatic heterocycles. The molecule has 0 unspecified atom stereocenters. The van der Waals surface area contributed by atoms with E-state index in [0.29, 0.717) is 26.9 Å². The van der Waals surface area contributed by atoms with Crippen LogP contribution in [0, 0.1) is 10.1 Å². The zero-order valence-electron chi connectivity index (χ0n) is 13.5. The number of nitrogens with one attached hydrogen (secondary N) is 2. The number of hydrazone groups is 1. The third kappa shape index (κ3) is 4.49. The number of H-pyrrole nitrogens is 1. The zero-order chi connectivity index (χ0) is 19.4. The number of nitrogens with zero attached hydrogens (tertiary/aromatic N) is 3. The molecular formula is C17H11Cl2N5O3. The monoisotopic (exact) mass is 403 g/mol. The van der Waals surface area contributed by atoms with E-state index in [1.807, 2.05) is 0 Å². The van der Waals surface area contributed by atoms with Crippen LogP contribution in [-0.2, 0) is 0 Å². The average Bonchev–Trinajstić information content (AvgIpc) is 3.14. The molecule has 2 aromatic carbocycles. The van der Waals surface area contributed by atoms with Crippen molar-refractivity contribution in [2.45, 2.75) is 0 Å². The van der Waals surface area contributed by atoms with Crippen LogP contribution in [-0.4, -0.2) is 27.2 Å². The van der Waals surface area contributed by atoms with E-state index < -0.39 is 10.8 Å². The summed E-state index contributed by atoms with van der Waals surface area (Å²) >= 11 is 11.9. The number of nitro benzene ring substituents is 1. The number of hydrogen-bond donors (Lipinski definition) is 2. The number of carbonyl (C=O) groups is 1. The number of non-ortho nitro benzene ring substituents is 1. The van der Waals surface area contributed by atoms with Crippen molar-refractivity contribution in [2.24, 2.45) is 5.10 Å². The molecule has 10 heteroatoms. The average molecular weight is 404 g/mol. The molecule has 0 saturated heterocycles. The molecule has 0 spiro atoms. The molecule has 3 rings (SSSR count). The van der Waals surface area contributed by atoms with Crippen molar-refractivity contribution in [2.75, 3.05) is 0 Å². The predicted octanol–water partition coefficient (Wildman–Crippen LogP) is 4.06. The molecule has 1 heterocycles. The minimum atomic E-state index is -0.494. The van der Waals surface area contributed by atoms with Crippen molar-refractivity contribution in [1.29, 1.82) is 0 Å². The Balaban J connectivity index is 1.65. The highest BCUT2D eigenvalue weighted by Gasteiger charge is 2.11. The van der Waals surface area contributed by atoms with Crippen LogP contribution in [0.25, 0.3) is 11.3 Å². The first kappa shape index (κ1) is 18.6. The molecule has 0 fully saturated rings. The van der Waals surface area contributed by atoms with Crippen LogP contribution < -0.4 is 5.43 Å². The number of benzene rings is 2. The molecule has 0 radical (unpaired) electrons. The molecule has 2 N–H and O–H groups in total. The van der Waals surface area contributed by atoms with Gasteiger partial charge in [-0.3, -0.25) is 20.0 Å². The summed E-state index contributed by atoms with van der Waals surface area (Å²) < 4.78 is 0. The Kier molecular flexibility index (Phi) is 5.49. The topological polar surface area (TPSA) is 113 Å². The molecule has 0 aliphatic carbocycles. The van der Waals surface area contributed by atoms with Crippen molar-refractivity contribution < 1.29 is 9.72 Å². The first-order valence-electron chi connectivity index (χ1n) is 7.53. The van der Waals surface area contributed by atoms with Gasteiger partial charge in [0.1, 0.15) is 5.69 Å². The third-order valence-electron chi connectivity index (χ3n) is 3.52. The van der Waals surface area contributed by atoms with Gasteiger partial charge in [-0.15, -0.1) is 0 Å². The van der Waals surface area contributed by atoms with Crippen LogP contribution in [0.4, 0.5) is 5.69 Å². The first-order valence-corrected chi connectivity index (χ1v) is 8.28. The molecule has 0 aliphatic heterocycles. The number of nitro groups is 1. The SMILES string of the molecule is O=C(N/N=C/c1ccc([N+](=O)[O-])cc1)c1cc(-c2ccc(Cl)c(Cl)c2)n[nH]1. The minimum absolute atomic E-state index is 0.0246. The lowest BCUT2D eigenvalue weighted by atomic mass is 10.1. The predicted molar refractivity (Wildman–Crippen MR) is 102 cm³/mol. The molecule has 136 valence electrons. The van der Waals surface area contributed by atoms with Gasteiger partial charge in [0.15, 0.2) is 0 Å². The summed E-state index contributed by atoms with van der Waals surface area (Å²) in [5.41, 5.74) is 4.36. The zero-order valence-corrected chi connectivity index (χ0v) is 15.0. The quantitative estimate of drug-likeness (QED) is 0.379. The van der Waals surface area contributed by atoms with E-state index in [2.05, 4.69) is 20.7 Å². The standard InChI is InChI=1S/C17H11Cl2N5O3/c18-13-6-3-11(7-14(13)19)15-8-16(22-21-15)17(25)23-20-9-10-1-4-12(5-2-10)24(26)27/h1-9H,(H,21,22)(H,23,25)/b20-9+. The second kappa shape index (κ2) is 7.98. The number of halogens is 2. The second-order valence-electron chi connectivity index (χ2n) is 5.34. The Bertz CT molecular complexity index is 1030. The van der Waals surface area contributed by atoms with Gasteiger partial charge in [-0.2, -0.15) is 10.2 Å². The molecule has 0 saturated carbocycles. The summed E-state index contributed by atoms with van der Waals surface area (Å²) in [6, 6.07) is 12.3. The number of carbonyl (C=O) groups excluding carboxylic acids is 1. The maximum atomic E-state index is 12.1. The summed E-state index contributed by atoms with van der Waals surface area (Å²) in [4.78, 5) is 22.2. The Morgan fingerprint density at radius 1 is 1.15 bits per heavy atom.